The number of piperazine rings is 1. The Morgan fingerprint density at radius 1 is 1.03 bits per heavy atom. The molecule has 1 N–H and O–H groups in total. The number of fused-ring (bicyclic) bond motifs is 1. The third-order valence-corrected chi connectivity index (χ3v) is 7.54. The first-order valence-electron chi connectivity index (χ1n) is 11.5. The van der Waals surface area contributed by atoms with Crippen LogP contribution >= 0.6 is 11.3 Å². The zero-order chi connectivity index (χ0) is 25.2. The second kappa shape index (κ2) is 9.98. The molecule has 0 saturated carbocycles. The number of anilines is 3. The molecule has 0 spiro atoms. The molecule has 4 aromatic rings. The zero-order valence-electron chi connectivity index (χ0n) is 20.2. The topological polar surface area (TPSA) is 79.8 Å². The third-order valence-electron chi connectivity index (χ3n) is 6.34. The molecule has 1 amide bonds. The largest absolute Gasteiger partial charge is 0.497 e. The fraction of sp³-hybridized carbons (Fsp3) is 0.269. The van der Waals surface area contributed by atoms with Crippen LogP contribution in [0.15, 0.2) is 48.8 Å². The van der Waals surface area contributed by atoms with E-state index in [-0.39, 0.29) is 11.7 Å². The van der Waals surface area contributed by atoms with Crippen molar-refractivity contribution in [3.05, 3.63) is 65.0 Å². The molecule has 0 radical (unpaired) electrons. The van der Waals surface area contributed by atoms with Crippen molar-refractivity contribution in [3.8, 4) is 11.5 Å². The van der Waals surface area contributed by atoms with Gasteiger partial charge in [-0.25, -0.2) is 14.4 Å². The fourth-order valence-corrected chi connectivity index (χ4v) is 5.50. The van der Waals surface area contributed by atoms with Gasteiger partial charge in [0.05, 0.1) is 35.9 Å². The highest BCUT2D eigenvalue weighted by molar-refractivity contribution is 7.20. The van der Waals surface area contributed by atoms with E-state index in [0.29, 0.717) is 53.9 Å². The number of para-hydroxylation sites is 1. The van der Waals surface area contributed by atoms with Crippen molar-refractivity contribution in [3.63, 3.8) is 0 Å². The lowest BCUT2D eigenvalue weighted by Crippen LogP contribution is -2.47. The minimum atomic E-state index is -0.241. The van der Waals surface area contributed by atoms with Gasteiger partial charge >= 0.3 is 0 Å². The number of ether oxygens (including phenoxy) is 2. The van der Waals surface area contributed by atoms with E-state index >= 15 is 0 Å². The van der Waals surface area contributed by atoms with Crippen LogP contribution in [0, 0.1) is 12.7 Å². The SMILES string of the molecule is COc1ccc(NC(=O)c2sc3ncnc(N4CCN(c5ccccc5F)CC4)c3c2C)c(OC)c1. The van der Waals surface area contributed by atoms with Gasteiger partial charge < -0.3 is 24.6 Å². The van der Waals surface area contributed by atoms with Crippen LogP contribution in [0.3, 0.4) is 0 Å². The van der Waals surface area contributed by atoms with Crippen molar-refractivity contribution in [2.45, 2.75) is 6.92 Å². The van der Waals surface area contributed by atoms with Gasteiger partial charge in [-0.15, -0.1) is 11.3 Å². The minimum absolute atomic E-state index is 0.215. The van der Waals surface area contributed by atoms with E-state index in [0.717, 1.165) is 21.6 Å². The van der Waals surface area contributed by atoms with E-state index in [9.17, 15) is 9.18 Å². The Morgan fingerprint density at radius 2 is 1.78 bits per heavy atom. The average Bonchev–Trinajstić information content (AvgIpc) is 3.26. The highest BCUT2D eigenvalue weighted by Gasteiger charge is 2.25. The Kier molecular flexibility index (Phi) is 6.60. The lowest BCUT2D eigenvalue weighted by molar-refractivity contribution is 0.102. The normalized spacial score (nSPS) is 13.7. The van der Waals surface area contributed by atoms with Gasteiger partial charge in [-0.1, -0.05) is 12.1 Å². The number of aryl methyl sites for hydroxylation is 1. The Hall–Kier alpha value is -3.92. The number of benzene rings is 2. The number of methoxy groups -OCH3 is 2. The molecule has 5 rings (SSSR count). The molecule has 2 aromatic carbocycles. The Balaban J connectivity index is 1.39. The smallest absolute Gasteiger partial charge is 0.266 e. The standard InChI is InChI=1S/C26H26FN5O3S/c1-16-22-24(32-12-10-31(11-13-32)20-7-5-4-6-18(20)27)28-15-29-26(22)36-23(16)25(33)30-19-9-8-17(34-2)14-21(19)35-3/h4-9,14-15H,10-13H2,1-3H3,(H,30,33). The number of hydrogen-bond donors (Lipinski definition) is 1. The van der Waals surface area contributed by atoms with Gasteiger partial charge in [-0.2, -0.15) is 0 Å². The number of nitrogens with one attached hydrogen (secondary N) is 1. The molecule has 10 heteroatoms. The van der Waals surface area contributed by atoms with Crippen LogP contribution in [-0.4, -0.2) is 56.3 Å². The monoisotopic (exact) mass is 507 g/mol. The second-order valence-corrected chi connectivity index (χ2v) is 9.38. The van der Waals surface area contributed by atoms with Crippen LogP contribution in [0.5, 0.6) is 11.5 Å². The van der Waals surface area contributed by atoms with Gasteiger partial charge in [0.15, 0.2) is 0 Å². The molecule has 2 aromatic heterocycles. The number of aromatic nitrogens is 2. The molecule has 0 atom stereocenters. The van der Waals surface area contributed by atoms with Gasteiger partial charge in [0.25, 0.3) is 5.91 Å². The van der Waals surface area contributed by atoms with E-state index in [1.54, 1.807) is 44.6 Å². The summed E-state index contributed by atoms with van der Waals surface area (Å²) in [6.07, 6.45) is 1.53. The fourth-order valence-electron chi connectivity index (χ4n) is 4.46. The van der Waals surface area contributed by atoms with Crippen LogP contribution in [0.4, 0.5) is 21.6 Å². The van der Waals surface area contributed by atoms with Crippen LogP contribution in [0.1, 0.15) is 15.2 Å². The lowest BCUT2D eigenvalue weighted by Gasteiger charge is -2.37. The summed E-state index contributed by atoms with van der Waals surface area (Å²) in [5.41, 5.74) is 1.99. The summed E-state index contributed by atoms with van der Waals surface area (Å²) in [4.78, 5) is 27.8. The molecular weight excluding hydrogens is 481 g/mol. The van der Waals surface area contributed by atoms with E-state index in [4.69, 9.17) is 9.47 Å². The summed E-state index contributed by atoms with van der Waals surface area (Å²) in [6, 6.07) is 12.1. The highest BCUT2D eigenvalue weighted by atomic mass is 32.1. The summed E-state index contributed by atoms with van der Waals surface area (Å²) in [7, 11) is 3.12. The highest BCUT2D eigenvalue weighted by Crippen LogP contribution is 2.37. The first-order chi connectivity index (χ1) is 17.5. The summed E-state index contributed by atoms with van der Waals surface area (Å²) in [6.45, 7) is 4.61. The van der Waals surface area contributed by atoms with E-state index in [1.807, 2.05) is 17.9 Å². The lowest BCUT2D eigenvalue weighted by atomic mass is 10.1. The maximum absolute atomic E-state index is 14.2. The van der Waals surface area contributed by atoms with Crippen molar-refractivity contribution in [2.24, 2.45) is 0 Å². The molecule has 36 heavy (non-hydrogen) atoms. The molecule has 8 nitrogen and oxygen atoms in total. The summed E-state index contributed by atoms with van der Waals surface area (Å²) in [5, 5.41) is 3.82. The Bertz CT molecular complexity index is 1420. The maximum atomic E-state index is 14.2. The first-order valence-corrected chi connectivity index (χ1v) is 12.3. The third kappa shape index (κ3) is 4.39. The Morgan fingerprint density at radius 3 is 2.50 bits per heavy atom. The number of amides is 1. The van der Waals surface area contributed by atoms with Gasteiger partial charge in [0, 0.05) is 32.2 Å². The number of nitrogens with zero attached hydrogens (tertiary/aromatic N) is 4. The number of hydrogen-bond acceptors (Lipinski definition) is 8. The van der Waals surface area contributed by atoms with Crippen molar-refractivity contribution < 1.29 is 18.7 Å². The molecule has 0 aliphatic carbocycles. The number of thiophene rings is 1. The van der Waals surface area contributed by atoms with Crippen molar-refractivity contribution >= 4 is 44.7 Å². The van der Waals surface area contributed by atoms with Crippen LogP contribution in [0.25, 0.3) is 10.2 Å². The van der Waals surface area contributed by atoms with Gasteiger partial charge in [-0.3, -0.25) is 4.79 Å². The van der Waals surface area contributed by atoms with Gasteiger partial charge in [0.1, 0.15) is 34.3 Å². The number of rotatable bonds is 6. The van der Waals surface area contributed by atoms with Crippen LogP contribution in [0.2, 0.25) is 0 Å². The predicted octanol–water partition coefficient (Wildman–Crippen LogP) is 4.73. The number of halogens is 1. The quantitative estimate of drug-likeness (QED) is 0.404. The van der Waals surface area contributed by atoms with Crippen LogP contribution in [-0.2, 0) is 0 Å². The van der Waals surface area contributed by atoms with Crippen molar-refractivity contribution in [1.29, 1.82) is 0 Å². The molecule has 1 fully saturated rings. The molecule has 1 aliphatic heterocycles. The zero-order valence-corrected chi connectivity index (χ0v) is 21.1. The van der Waals surface area contributed by atoms with E-state index in [1.165, 1.54) is 23.7 Å². The van der Waals surface area contributed by atoms with Crippen LogP contribution < -0.4 is 24.6 Å². The molecule has 0 unspecified atom stereocenters. The van der Waals surface area contributed by atoms with Crippen molar-refractivity contribution in [1.82, 2.24) is 9.97 Å². The average molecular weight is 508 g/mol. The van der Waals surface area contributed by atoms with E-state index < -0.39 is 0 Å². The summed E-state index contributed by atoms with van der Waals surface area (Å²) >= 11 is 1.33. The predicted molar refractivity (Wildman–Crippen MR) is 140 cm³/mol. The number of carbonyl (C=O) groups excluding carboxylic acids is 1. The minimum Gasteiger partial charge on any atom is -0.497 e. The molecule has 3 heterocycles. The summed E-state index contributed by atoms with van der Waals surface area (Å²) in [5.74, 6) is 1.48. The number of carbonyl (C=O) groups is 1. The van der Waals surface area contributed by atoms with E-state index in [2.05, 4.69) is 20.2 Å². The summed E-state index contributed by atoms with van der Waals surface area (Å²) < 4.78 is 24.9. The first kappa shape index (κ1) is 23.8. The Labute approximate surface area is 212 Å². The van der Waals surface area contributed by atoms with Gasteiger partial charge in [-0.05, 0) is 36.8 Å². The maximum Gasteiger partial charge on any atom is 0.266 e. The molecule has 1 aliphatic rings. The molecular formula is C26H26FN5O3S. The molecule has 0 bridgehead atoms. The molecule has 1 saturated heterocycles. The second-order valence-electron chi connectivity index (χ2n) is 8.38. The molecule has 186 valence electrons. The van der Waals surface area contributed by atoms with Crippen molar-refractivity contribution in [2.75, 3.05) is 55.5 Å². The van der Waals surface area contributed by atoms with Gasteiger partial charge in [0.2, 0.25) is 0 Å².